The van der Waals surface area contributed by atoms with Crippen molar-refractivity contribution < 1.29 is 30.0 Å². The number of ketones is 1. The second kappa shape index (κ2) is 16.0. The minimum Gasteiger partial charge on any atom is -0.512 e. The van der Waals surface area contributed by atoms with Crippen molar-refractivity contribution >= 4 is 27.5 Å². The van der Waals surface area contributed by atoms with Gasteiger partial charge in [-0.25, -0.2) is 4.98 Å². The summed E-state index contributed by atoms with van der Waals surface area (Å²) >= 11 is 0. The third-order valence-electron chi connectivity index (χ3n) is 9.37. The summed E-state index contributed by atoms with van der Waals surface area (Å²) in [6, 6.07) is 17.4. The van der Waals surface area contributed by atoms with E-state index in [1.807, 2.05) is 41.5 Å². The number of benzene rings is 3. The Hall–Kier alpha value is -2.88. The van der Waals surface area contributed by atoms with Gasteiger partial charge in [-0.2, -0.15) is 0 Å². The molecule has 269 valence electrons. The molecular formula is C44H61IrN2O2-. The maximum atomic E-state index is 11.7. The van der Waals surface area contributed by atoms with Gasteiger partial charge in [-0.05, 0) is 51.3 Å². The molecule has 0 unspecified atom stereocenters. The zero-order chi connectivity index (χ0) is 36.5. The molecule has 1 N–H and O–H groups in total. The van der Waals surface area contributed by atoms with Crippen molar-refractivity contribution in [3.63, 3.8) is 0 Å². The van der Waals surface area contributed by atoms with Crippen LogP contribution in [-0.4, -0.2) is 20.9 Å². The van der Waals surface area contributed by atoms with Gasteiger partial charge in [0, 0.05) is 48.3 Å². The maximum Gasteiger partial charge on any atom is 0.164 e. The van der Waals surface area contributed by atoms with E-state index in [1.54, 1.807) is 0 Å². The first kappa shape index (κ1) is 42.3. The number of carbonyl (C=O) groups excluding carboxylic acids is 1. The number of nitrogens with zero attached hydrogens (tertiary/aromatic N) is 2. The first-order valence-electron chi connectivity index (χ1n) is 17.8. The van der Waals surface area contributed by atoms with Crippen LogP contribution in [0, 0.1) is 23.8 Å². The Bertz CT molecular complexity index is 1820. The van der Waals surface area contributed by atoms with Crippen molar-refractivity contribution in [3.05, 3.63) is 82.4 Å². The molecule has 3 aromatic carbocycles. The van der Waals surface area contributed by atoms with Crippen LogP contribution in [0.25, 0.3) is 32.9 Å². The minimum atomic E-state index is -0.376. The van der Waals surface area contributed by atoms with Crippen LogP contribution in [-0.2, 0) is 30.3 Å². The molecule has 0 spiro atoms. The number of aromatic nitrogens is 2. The molecule has 4 nitrogen and oxygen atoms in total. The molecule has 0 saturated heterocycles. The van der Waals surface area contributed by atoms with Gasteiger partial charge in [0.1, 0.15) is 11.6 Å². The van der Waals surface area contributed by atoms with Crippen LogP contribution in [0.5, 0.6) is 0 Å². The Labute approximate surface area is 311 Å². The quantitative estimate of drug-likeness (QED) is 0.0871. The summed E-state index contributed by atoms with van der Waals surface area (Å²) in [4.78, 5) is 22.0. The summed E-state index contributed by atoms with van der Waals surface area (Å²) in [6.07, 6.45) is 2.14. The number of rotatable bonds is 7. The summed E-state index contributed by atoms with van der Waals surface area (Å²) in [5.41, 5.74) is 7.66. The van der Waals surface area contributed by atoms with Crippen molar-refractivity contribution in [2.75, 3.05) is 0 Å². The van der Waals surface area contributed by atoms with E-state index < -0.39 is 0 Å². The van der Waals surface area contributed by atoms with Crippen molar-refractivity contribution in [1.29, 1.82) is 0 Å². The fraction of sp³-hybridized carbons (Fsp3) is 0.523. The predicted molar refractivity (Wildman–Crippen MR) is 206 cm³/mol. The van der Waals surface area contributed by atoms with Crippen molar-refractivity contribution in [1.82, 2.24) is 9.97 Å². The topological polar surface area (TPSA) is 63.1 Å². The number of aliphatic hydroxyl groups is 1. The molecule has 0 bridgehead atoms. The number of fused-ring (bicyclic) bond motifs is 3. The average Bonchev–Trinajstić information content (AvgIpc) is 2.98. The van der Waals surface area contributed by atoms with E-state index in [2.05, 4.69) is 112 Å². The Kier molecular flexibility index (Phi) is 13.8. The van der Waals surface area contributed by atoms with Crippen molar-refractivity contribution in [3.8, 4) is 11.3 Å². The zero-order valence-corrected chi connectivity index (χ0v) is 35.5. The number of carbonyl (C=O) groups is 1. The SMILES string of the molecule is CCC(C)(C)C(=O)/C=C(\O)C(C)(C)C.Cc1[c-]c(-c2nc(C(C)C)nc3c2ccc2cc(C(C)C)cc(C(C)C)c23)cc(C(C)(C)C)c1.[Ir]. The van der Waals surface area contributed by atoms with Crippen LogP contribution >= 0.6 is 0 Å². The van der Waals surface area contributed by atoms with E-state index in [0.717, 1.165) is 40.0 Å². The normalized spacial score (nSPS) is 12.8. The zero-order valence-electron chi connectivity index (χ0n) is 33.1. The number of allylic oxidation sites excluding steroid dienone is 2. The number of hydrogen-bond acceptors (Lipinski definition) is 4. The van der Waals surface area contributed by atoms with Gasteiger partial charge in [0.15, 0.2) is 5.78 Å². The number of hydrogen-bond donors (Lipinski definition) is 1. The van der Waals surface area contributed by atoms with Gasteiger partial charge in [0.05, 0.1) is 5.52 Å². The summed E-state index contributed by atoms with van der Waals surface area (Å²) in [5, 5.41) is 13.3. The Morgan fingerprint density at radius 2 is 1.47 bits per heavy atom. The number of aryl methyl sites for hydroxylation is 1. The molecule has 0 atom stereocenters. The van der Waals surface area contributed by atoms with E-state index in [9.17, 15) is 9.90 Å². The van der Waals surface area contributed by atoms with Gasteiger partial charge in [-0.1, -0.05) is 135 Å². The first-order valence-corrected chi connectivity index (χ1v) is 17.8. The third-order valence-corrected chi connectivity index (χ3v) is 9.37. The standard InChI is InChI=1S/C32H39N2.C12H22O2.Ir/c1-18(2)23-15-22-11-12-26-29(24-13-21(7)14-25(16-24)32(8,9)10)33-31(20(5)6)34-30(26)28(22)27(17-23)19(3)4;1-7-12(5,6)10(14)8-9(13)11(2,3)4;/h11-12,14-20H,1-10H3;8,13H,7H2,1-6H3;/q-1;;/b;9-8-;. The molecule has 0 aliphatic rings. The smallest absolute Gasteiger partial charge is 0.164 e. The molecule has 4 aromatic rings. The molecule has 0 fully saturated rings. The van der Waals surface area contributed by atoms with Gasteiger partial charge in [0.25, 0.3) is 0 Å². The average molecular weight is 842 g/mol. The number of aliphatic hydroxyl groups excluding tert-OH is 1. The van der Waals surface area contributed by atoms with E-state index in [4.69, 9.17) is 9.97 Å². The molecule has 0 aliphatic carbocycles. The van der Waals surface area contributed by atoms with Gasteiger partial charge in [-0.3, -0.25) is 9.78 Å². The molecule has 0 aliphatic heterocycles. The molecule has 0 amide bonds. The van der Waals surface area contributed by atoms with Crippen LogP contribution in [0.15, 0.2) is 48.2 Å². The van der Waals surface area contributed by atoms with Gasteiger partial charge in [0.2, 0.25) is 0 Å². The summed E-state index contributed by atoms with van der Waals surface area (Å²) in [5.74, 6) is 2.18. The van der Waals surface area contributed by atoms with Gasteiger partial charge < -0.3 is 5.11 Å². The van der Waals surface area contributed by atoms with Crippen LogP contribution in [0.3, 0.4) is 0 Å². The fourth-order valence-electron chi connectivity index (χ4n) is 5.36. The monoisotopic (exact) mass is 842 g/mol. The summed E-state index contributed by atoms with van der Waals surface area (Å²) < 4.78 is 0. The second-order valence-electron chi connectivity index (χ2n) is 17.2. The van der Waals surface area contributed by atoms with E-state index in [1.165, 1.54) is 33.5 Å². The Morgan fingerprint density at radius 1 is 0.857 bits per heavy atom. The Balaban J connectivity index is 0.000000473. The van der Waals surface area contributed by atoms with Gasteiger partial charge in [-0.15, -0.1) is 34.9 Å². The molecular weight excluding hydrogens is 781 g/mol. The third kappa shape index (κ3) is 10.1. The van der Waals surface area contributed by atoms with E-state index in [-0.39, 0.29) is 53.8 Å². The van der Waals surface area contributed by atoms with Crippen LogP contribution in [0.4, 0.5) is 0 Å². The minimum absolute atomic E-state index is 0. The molecule has 1 heterocycles. The maximum absolute atomic E-state index is 11.7. The largest absolute Gasteiger partial charge is 0.512 e. The predicted octanol–water partition coefficient (Wildman–Crippen LogP) is 12.7. The van der Waals surface area contributed by atoms with E-state index in [0.29, 0.717) is 11.8 Å². The van der Waals surface area contributed by atoms with Crippen molar-refractivity contribution in [2.24, 2.45) is 10.8 Å². The van der Waals surface area contributed by atoms with Crippen LogP contribution in [0.2, 0.25) is 0 Å². The Morgan fingerprint density at radius 3 is 1.96 bits per heavy atom. The molecule has 5 heteroatoms. The van der Waals surface area contributed by atoms with E-state index >= 15 is 0 Å². The molecule has 4 rings (SSSR count). The molecule has 49 heavy (non-hydrogen) atoms. The van der Waals surface area contributed by atoms with Crippen LogP contribution < -0.4 is 0 Å². The molecule has 1 aromatic heterocycles. The van der Waals surface area contributed by atoms with Crippen molar-refractivity contribution in [2.45, 2.75) is 140 Å². The molecule has 0 saturated carbocycles. The van der Waals surface area contributed by atoms with Gasteiger partial charge >= 0.3 is 0 Å². The summed E-state index contributed by atoms with van der Waals surface area (Å²) in [6.45, 7) is 33.8. The van der Waals surface area contributed by atoms with Crippen LogP contribution in [0.1, 0.15) is 156 Å². The summed E-state index contributed by atoms with van der Waals surface area (Å²) in [7, 11) is 0. The first-order chi connectivity index (χ1) is 22.0. The second-order valence-corrected chi connectivity index (χ2v) is 17.2. The fourth-order valence-corrected chi connectivity index (χ4v) is 5.36. The molecule has 1 radical (unpaired) electrons.